The fourth-order valence-corrected chi connectivity index (χ4v) is 9.12. The summed E-state index contributed by atoms with van der Waals surface area (Å²) < 4.78 is 11.1. The normalized spacial score (nSPS) is 55.7. The van der Waals surface area contributed by atoms with E-state index in [1.54, 1.807) is 0 Å². The first kappa shape index (κ1) is 25.6. The Kier molecular flexibility index (Phi) is 6.19. The van der Waals surface area contributed by atoms with Crippen LogP contribution in [0.25, 0.3) is 0 Å². The first-order valence-electron chi connectivity index (χ1n) is 13.0. The van der Waals surface area contributed by atoms with E-state index < -0.39 is 71.7 Å². The summed E-state index contributed by atoms with van der Waals surface area (Å²) >= 11 is 0. The number of carbonyl (C=O) groups is 1. The summed E-state index contributed by atoms with van der Waals surface area (Å²) in [6.45, 7) is 7.55. The van der Waals surface area contributed by atoms with Gasteiger partial charge in [-0.1, -0.05) is 19.9 Å². The number of aliphatic hydroxyl groups is 6. The molecular weight excluding hydrogens is 456 g/mol. The van der Waals surface area contributed by atoms with Gasteiger partial charge in [-0.25, -0.2) is 0 Å². The second-order valence-corrected chi connectivity index (χ2v) is 12.4. The monoisotopic (exact) mass is 496 g/mol. The van der Waals surface area contributed by atoms with Crippen LogP contribution in [0.15, 0.2) is 12.2 Å². The molecule has 4 aliphatic carbocycles. The Morgan fingerprint density at radius 3 is 2.49 bits per heavy atom. The van der Waals surface area contributed by atoms with Crippen LogP contribution < -0.4 is 0 Å². The smallest absolute Gasteiger partial charge is 0.314 e. The van der Waals surface area contributed by atoms with Gasteiger partial charge < -0.3 is 40.1 Å². The third-order valence-electron chi connectivity index (χ3n) is 10.7. The molecular formula is C26H40O9. The highest BCUT2D eigenvalue weighted by Crippen LogP contribution is 2.72. The van der Waals surface area contributed by atoms with E-state index in [4.69, 9.17) is 9.47 Å². The van der Waals surface area contributed by atoms with Gasteiger partial charge in [0.2, 0.25) is 6.29 Å². The number of hydrogen-bond acceptors (Lipinski definition) is 9. The Hall–Kier alpha value is -1.07. The van der Waals surface area contributed by atoms with E-state index in [0.717, 1.165) is 24.8 Å². The maximum Gasteiger partial charge on any atom is 0.314 e. The molecule has 1 spiro atoms. The second-order valence-electron chi connectivity index (χ2n) is 12.4. The number of carbonyl (C=O) groups excluding carboxylic acids is 1. The molecule has 198 valence electrons. The van der Waals surface area contributed by atoms with Crippen LogP contribution in [0.2, 0.25) is 0 Å². The summed E-state index contributed by atoms with van der Waals surface area (Å²) in [7, 11) is 0. The van der Waals surface area contributed by atoms with Crippen LogP contribution in [0.5, 0.6) is 0 Å². The SMILES string of the molecule is C=C1[C@H]2C[C@H](O)[C@H]3[C@]4(C)CCC[C@@](C)(C(=O)O[C@@H]5O[C@H](CO)[C@@H](O)[C@H](O)[C@H]5O)[C@H]4CC[C@]3(C2)[C@@H]1O. The minimum Gasteiger partial charge on any atom is -0.432 e. The van der Waals surface area contributed by atoms with Crippen molar-refractivity contribution in [2.45, 2.75) is 102 Å². The summed E-state index contributed by atoms with van der Waals surface area (Å²) in [5.74, 6) is -0.723. The fraction of sp³-hybridized carbons (Fsp3) is 0.885. The molecule has 0 amide bonds. The zero-order valence-corrected chi connectivity index (χ0v) is 20.5. The van der Waals surface area contributed by atoms with Gasteiger partial charge in [0.25, 0.3) is 0 Å². The highest BCUT2D eigenvalue weighted by molar-refractivity contribution is 5.77. The zero-order valence-electron chi connectivity index (χ0n) is 20.5. The van der Waals surface area contributed by atoms with Gasteiger partial charge in [-0.3, -0.25) is 4.79 Å². The van der Waals surface area contributed by atoms with E-state index in [9.17, 15) is 35.4 Å². The standard InChI is InChI=1S/C26H40O9/c1-12-13-9-14(28)20-24(2)6-4-7-25(3,16(24)5-8-26(20,10-13)21(12)32)23(33)35-22-19(31)18(30)17(29)15(11-27)34-22/h13-22,27-32H,1,4-11H2,2-3H3/t13-,14-,15+,16-,17+,18-,19+,20-,21+,22-,24+,25+,26+/m0/s1. The van der Waals surface area contributed by atoms with Gasteiger partial charge in [-0.15, -0.1) is 0 Å². The molecule has 0 aromatic rings. The minimum absolute atomic E-state index is 0.121. The van der Waals surface area contributed by atoms with E-state index in [0.29, 0.717) is 25.7 Å². The first-order chi connectivity index (χ1) is 16.4. The fourth-order valence-electron chi connectivity index (χ4n) is 9.12. The van der Waals surface area contributed by atoms with Gasteiger partial charge in [-0.2, -0.15) is 0 Å². The van der Waals surface area contributed by atoms with Crippen molar-refractivity contribution in [2.75, 3.05) is 6.61 Å². The molecule has 4 saturated carbocycles. The van der Waals surface area contributed by atoms with E-state index in [1.165, 1.54) is 0 Å². The highest BCUT2D eigenvalue weighted by Gasteiger charge is 2.70. The van der Waals surface area contributed by atoms with Crippen LogP contribution in [0.3, 0.4) is 0 Å². The predicted molar refractivity (Wildman–Crippen MR) is 122 cm³/mol. The van der Waals surface area contributed by atoms with Gasteiger partial charge in [0.05, 0.1) is 24.2 Å². The average molecular weight is 497 g/mol. The van der Waals surface area contributed by atoms with Crippen molar-refractivity contribution in [2.24, 2.45) is 34.0 Å². The highest BCUT2D eigenvalue weighted by atomic mass is 16.7. The van der Waals surface area contributed by atoms with Crippen molar-refractivity contribution in [1.82, 2.24) is 0 Å². The molecule has 5 rings (SSSR count). The van der Waals surface area contributed by atoms with Crippen molar-refractivity contribution in [3.63, 3.8) is 0 Å². The van der Waals surface area contributed by atoms with Crippen LogP contribution in [-0.4, -0.2) is 86.1 Å². The van der Waals surface area contributed by atoms with E-state index in [2.05, 4.69) is 13.5 Å². The first-order valence-corrected chi connectivity index (χ1v) is 13.0. The molecule has 35 heavy (non-hydrogen) atoms. The molecule has 1 heterocycles. The average Bonchev–Trinajstić information content (AvgIpc) is 2.99. The zero-order chi connectivity index (χ0) is 25.5. The Morgan fingerprint density at radius 1 is 1.09 bits per heavy atom. The predicted octanol–water partition coefficient (Wildman–Crippen LogP) is 0.240. The number of aliphatic hydroxyl groups excluding tert-OH is 6. The Labute approximate surface area is 205 Å². The molecule has 0 radical (unpaired) electrons. The van der Waals surface area contributed by atoms with Gasteiger partial charge in [0, 0.05) is 5.41 Å². The van der Waals surface area contributed by atoms with Gasteiger partial charge in [0.15, 0.2) is 0 Å². The maximum absolute atomic E-state index is 13.7. The molecule has 0 aromatic heterocycles. The molecule has 5 fully saturated rings. The van der Waals surface area contributed by atoms with Crippen molar-refractivity contribution in [3.05, 3.63) is 12.2 Å². The number of esters is 1. The largest absolute Gasteiger partial charge is 0.432 e. The van der Waals surface area contributed by atoms with E-state index in [-0.39, 0.29) is 17.8 Å². The maximum atomic E-state index is 13.7. The van der Waals surface area contributed by atoms with Crippen LogP contribution in [0.1, 0.15) is 58.8 Å². The molecule has 0 aromatic carbocycles. The van der Waals surface area contributed by atoms with Gasteiger partial charge in [0.1, 0.15) is 24.4 Å². The van der Waals surface area contributed by atoms with Crippen LogP contribution in [0, 0.1) is 34.0 Å². The molecule has 9 heteroatoms. The Morgan fingerprint density at radius 2 is 1.80 bits per heavy atom. The summed E-state index contributed by atoms with van der Waals surface area (Å²) in [6.07, 6.45) is -3.80. The lowest BCUT2D eigenvalue weighted by molar-refractivity contribution is -0.298. The molecule has 5 aliphatic rings. The number of hydrogen-bond donors (Lipinski definition) is 6. The van der Waals surface area contributed by atoms with E-state index in [1.807, 2.05) is 6.92 Å². The molecule has 1 aliphatic heterocycles. The summed E-state index contributed by atoms with van der Waals surface area (Å²) in [4.78, 5) is 13.7. The lowest BCUT2D eigenvalue weighted by atomic mass is 9.40. The lowest BCUT2D eigenvalue weighted by Crippen LogP contribution is -2.64. The lowest BCUT2D eigenvalue weighted by Gasteiger charge is -2.64. The minimum atomic E-state index is -1.65. The number of ether oxygens (including phenoxy) is 2. The van der Waals surface area contributed by atoms with Crippen molar-refractivity contribution >= 4 is 5.97 Å². The van der Waals surface area contributed by atoms with Crippen LogP contribution in [-0.2, 0) is 14.3 Å². The van der Waals surface area contributed by atoms with Crippen molar-refractivity contribution in [1.29, 1.82) is 0 Å². The second kappa shape index (κ2) is 8.48. The summed E-state index contributed by atoms with van der Waals surface area (Å²) in [5, 5.41) is 62.6. The van der Waals surface area contributed by atoms with Crippen molar-refractivity contribution < 1.29 is 44.9 Å². The molecule has 13 atom stereocenters. The summed E-state index contributed by atoms with van der Waals surface area (Å²) in [5.41, 5.74) is -0.932. The Balaban J connectivity index is 1.42. The van der Waals surface area contributed by atoms with Crippen molar-refractivity contribution in [3.8, 4) is 0 Å². The van der Waals surface area contributed by atoms with Gasteiger partial charge >= 0.3 is 5.97 Å². The summed E-state index contributed by atoms with van der Waals surface area (Å²) in [6, 6.07) is 0. The number of rotatable bonds is 3. The third-order valence-corrected chi connectivity index (χ3v) is 10.7. The topological polar surface area (TPSA) is 157 Å². The molecule has 9 nitrogen and oxygen atoms in total. The molecule has 1 saturated heterocycles. The third kappa shape index (κ3) is 3.42. The van der Waals surface area contributed by atoms with Crippen LogP contribution >= 0.6 is 0 Å². The number of fused-ring (bicyclic) bond motifs is 3. The van der Waals surface area contributed by atoms with E-state index >= 15 is 0 Å². The molecule has 6 N–H and O–H groups in total. The molecule has 0 unspecified atom stereocenters. The molecule has 2 bridgehead atoms. The van der Waals surface area contributed by atoms with Crippen LogP contribution in [0.4, 0.5) is 0 Å². The quantitative estimate of drug-likeness (QED) is 0.238. The van der Waals surface area contributed by atoms with Gasteiger partial charge in [-0.05, 0) is 74.2 Å². The Bertz CT molecular complexity index is 877.